The van der Waals surface area contributed by atoms with Crippen molar-refractivity contribution in [1.82, 2.24) is 4.90 Å². The molecule has 190 valence electrons. The van der Waals surface area contributed by atoms with Gasteiger partial charge in [0.2, 0.25) is 5.91 Å². The van der Waals surface area contributed by atoms with E-state index in [2.05, 4.69) is 22.4 Å². The highest BCUT2D eigenvalue weighted by molar-refractivity contribution is 5.91. The molecule has 2 aromatic carbocycles. The Labute approximate surface area is 212 Å². The third kappa shape index (κ3) is 5.47. The van der Waals surface area contributed by atoms with Crippen molar-refractivity contribution in [3.63, 3.8) is 0 Å². The zero-order valence-corrected chi connectivity index (χ0v) is 20.8. The summed E-state index contributed by atoms with van der Waals surface area (Å²) in [6.45, 7) is 2.31. The molecular formula is C30H35F2N3O. The number of rotatable bonds is 9. The molecule has 4 atom stereocenters. The van der Waals surface area contributed by atoms with E-state index < -0.39 is 6.17 Å². The molecule has 36 heavy (non-hydrogen) atoms. The number of benzene rings is 2. The maximum atomic E-state index is 13.6. The van der Waals surface area contributed by atoms with Crippen molar-refractivity contribution in [1.29, 1.82) is 5.26 Å². The maximum Gasteiger partial charge on any atom is 0.224 e. The summed E-state index contributed by atoms with van der Waals surface area (Å²) in [4.78, 5) is 15.3. The van der Waals surface area contributed by atoms with Gasteiger partial charge in [-0.1, -0.05) is 24.6 Å². The first-order chi connectivity index (χ1) is 17.4. The number of alkyl halides is 1. The predicted octanol–water partition coefficient (Wildman–Crippen LogP) is 6.37. The number of carbonyl (C=O) groups excluding carboxylic acids is 1. The molecule has 0 bridgehead atoms. The van der Waals surface area contributed by atoms with Crippen molar-refractivity contribution in [3.05, 3.63) is 65.5 Å². The molecule has 0 spiro atoms. The van der Waals surface area contributed by atoms with Gasteiger partial charge in [0.05, 0.1) is 11.6 Å². The molecule has 0 aromatic heterocycles. The van der Waals surface area contributed by atoms with E-state index in [4.69, 9.17) is 0 Å². The first kappa shape index (κ1) is 24.9. The standard InChI is InChI=1S/C30H35F2N3O/c31-25-7-4-8-27(16-25)34-28(36)19-29(10-1-2-13-35-14-9-26(32)21-35)11-12-30(18-24(30)17-29)23-6-3-5-22(15-23)20-33/h3-8,15-16,24,26H,1-2,9-14,17-19,21H2,(H,34,36). The number of anilines is 1. The molecule has 1 saturated heterocycles. The number of hydrogen-bond donors (Lipinski definition) is 1. The quantitative estimate of drug-likeness (QED) is 0.415. The van der Waals surface area contributed by atoms with Gasteiger partial charge in [-0.3, -0.25) is 4.79 Å². The van der Waals surface area contributed by atoms with Crippen molar-refractivity contribution < 1.29 is 13.6 Å². The Balaban J connectivity index is 1.25. The Kier molecular flexibility index (Phi) is 7.12. The van der Waals surface area contributed by atoms with E-state index in [-0.39, 0.29) is 22.6 Å². The first-order valence-corrected chi connectivity index (χ1v) is 13.3. The van der Waals surface area contributed by atoms with Gasteiger partial charge in [0.25, 0.3) is 0 Å². The molecule has 3 fully saturated rings. The summed E-state index contributed by atoms with van der Waals surface area (Å²) in [6, 6.07) is 16.3. The molecule has 5 rings (SSSR count). The van der Waals surface area contributed by atoms with Crippen LogP contribution in [0.25, 0.3) is 0 Å². The molecule has 2 saturated carbocycles. The molecule has 4 nitrogen and oxygen atoms in total. The van der Waals surface area contributed by atoms with Crippen LogP contribution in [0.4, 0.5) is 14.5 Å². The molecule has 4 unspecified atom stereocenters. The van der Waals surface area contributed by atoms with Gasteiger partial charge in [0.15, 0.2) is 0 Å². The number of unbranched alkanes of at least 4 members (excludes halogenated alkanes) is 1. The number of likely N-dealkylation sites (tertiary alicyclic amines) is 1. The second-order valence-electron chi connectivity index (χ2n) is 11.3. The molecular weight excluding hydrogens is 456 g/mol. The van der Waals surface area contributed by atoms with Crippen molar-refractivity contribution in [3.8, 4) is 6.07 Å². The van der Waals surface area contributed by atoms with Crippen LogP contribution in [-0.4, -0.2) is 36.6 Å². The monoisotopic (exact) mass is 491 g/mol. The fraction of sp³-hybridized carbons (Fsp3) is 0.533. The normalized spacial score (nSPS) is 29.4. The van der Waals surface area contributed by atoms with Crippen LogP contribution < -0.4 is 5.32 Å². The lowest BCUT2D eigenvalue weighted by Gasteiger charge is -2.40. The number of fused-ring (bicyclic) bond motifs is 1. The summed E-state index contributed by atoms with van der Waals surface area (Å²) in [5.41, 5.74) is 2.52. The van der Waals surface area contributed by atoms with Gasteiger partial charge < -0.3 is 10.2 Å². The van der Waals surface area contributed by atoms with Crippen molar-refractivity contribution in [2.75, 3.05) is 25.0 Å². The highest BCUT2D eigenvalue weighted by Gasteiger charge is 2.60. The Morgan fingerprint density at radius 2 is 2.00 bits per heavy atom. The molecule has 1 aliphatic heterocycles. The summed E-state index contributed by atoms with van der Waals surface area (Å²) in [6.07, 6.45) is 7.49. The van der Waals surface area contributed by atoms with E-state index in [0.717, 1.165) is 58.0 Å². The largest absolute Gasteiger partial charge is 0.326 e. The van der Waals surface area contributed by atoms with Gasteiger partial charge >= 0.3 is 0 Å². The molecule has 2 aliphatic carbocycles. The highest BCUT2D eigenvalue weighted by atomic mass is 19.1. The lowest BCUT2D eigenvalue weighted by Crippen LogP contribution is -2.34. The van der Waals surface area contributed by atoms with E-state index in [1.54, 1.807) is 12.1 Å². The number of carbonyl (C=O) groups is 1. The number of nitrogens with one attached hydrogen (secondary N) is 1. The minimum absolute atomic E-state index is 0.0555. The Bertz CT molecular complexity index is 1150. The zero-order valence-electron chi connectivity index (χ0n) is 20.8. The zero-order chi connectivity index (χ0) is 25.2. The molecule has 3 aliphatic rings. The van der Waals surface area contributed by atoms with E-state index >= 15 is 0 Å². The molecule has 1 N–H and O–H groups in total. The van der Waals surface area contributed by atoms with Crippen LogP contribution in [0.1, 0.15) is 68.9 Å². The summed E-state index contributed by atoms with van der Waals surface area (Å²) < 4.78 is 27.2. The minimum atomic E-state index is -0.691. The third-order valence-corrected chi connectivity index (χ3v) is 8.87. The van der Waals surface area contributed by atoms with Crippen LogP contribution in [0, 0.1) is 28.5 Å². The van der Waals surface area contributed by atoms with E-state index in [1.807, 2.05) is 18.2 Å². The number of nitriles is 1. The molecule has 6 heteroatoms. The highest BCUT2D eigenvalue weighted by Crippen LogP contribution is 2.67. The summed E-state index contributed by atoms with van der Waals surface area (Å²) in [7, 11) is 0. The summed E-state index contributed by atoms with van der Waals surface area (Å²) in [5, 5.41) is 12.3. The van der Waals surface area contributed by atoms with Crippen molar-refractivity contribution >= 4 is 11.6 Å². The van der Waals surface area contributed by atoms with Crippen LogP contribution in [0.2, 0.25) is 0 Å². The lowest BCUT2D eigenvalue weighted by atomic mass is 9.65. The molecule has 0 radical (unpaired) electrons. The van der Waals surface area contributed by atoms with E-state index in [1.165, 1.54) is 17.7 Å². The minimum Gasteiger partial charge on any atom is -0.326 e. The summed E-state index contributed by atoms with van der Waals surface area (Å²) in [5.74, 6) is 0.105. The summed E-state index contributed by atoms with van der Waals surface area (Å²) >= 11 is 0. The van der Waals surface area contributed by atoms with Crippen molar-refractivity contribution in [2.24, 2.45) is 11.3 Å². The van der Waals surface area contributed by atoms with Gasteiger partial charge in [0.1, 0.15) is 12.0 Å². The number of halogens is 2. The molecule has 1 heterocycles. The topological polar surface area (TPSA) is 56.1 Å². The number of hydrogen-bond acceptors (Lipinski definition) is 3. The Morgan fingerprint density at radius 1 is 1.14 bits per heavy atom. The average molecular weight is 492 g/mol. The third-order valence-electron chi connectivity index (χ3n) is 8.87. The maximum absolute atomic E-state index is 13.6. The lowest BCUT2D eigenvalue weighted by molar-refractivity contribution is -0.119. The average Bonchev–Trinajstić information content (AvgIpc) is 3.45. The van der Waals surface area contributed by atoms with Crippen LogP contribution in [-0.2, 0) is 10.2 Å². The van der Waals surface area contributed by atoms with E-state index in [0.29, 0.717) is 36.6 Å². The first-order valence-electron chi connectivity index (χ1n) is 13.3. The van der Waals surface area contributed by atoms with Crippen molar-refractivity contribution in [2.45, 2.75) is 69.4 Å². The van der Waals surface area contributed by atoms with E-state index in [9.17, 15) is 18.8 Å². The smallest absolute Gasteiger partial charge is 0.224 e. The second-order valence-corrected chi connectivity index (χ2v) is 11.3. The number of nitrogens with zero attached hydrogens (tertiary/aromatic N) is 2. The van der Waals surface area contributed by atoms with Gasteiger partial charge in [-0.15, -0.1) is 0 Å². The Morgan fingerprint density at radius 3 is 2.75 bits per heavy atom. The van der Waals surface area contributed by atoms with Gasteiger partial charge in [0, 0.05) is 25.2 Å². The van der Waals surface area contributed by atoms with Gasteiger partial charge in [-0.25, -0.2) is 8.78 Å². The molecule has 1 amide bonds. The van der Waals surface area contributed by atoms with Crippen LogP contribution >= 0.6 is 0 Å². The molecule has 2 aromatic rings. The SMILES string of the molecule is N#Cc1cccc(C23CCC(CCCCN4CCC(F)C4)(CC(=O)Nc4cccc(F)c4)CC2C3)c1. The fourth-order valence-corrected chi connectivity index (χ4v) is 6.88. The van der Waals surface area contributed by atoms with Gasteiger partial charge in [-0.05, 0) is 104 Å². The second kappa shape index (κ2) is 10.3. The van der Waals surface area contributed by atoms with Crippen LogP contribution in [0.5, 0.6) is 0 Å². The predicted molar refractivity (Wildman–Crippen MR) is 137 cm³/mol. The number of amides is 1. The van der Waals surface area contributed by atoms with Crippen LogP contribution in [0.3, 0.4) is 0 Å². The Hall–Kier alpha value is -2.78. The van der Waals surface area contributed by atoms with Crippen LogP contribution in [0.15, 0.2) is 48.5 Å². The van der Waals surface area contributed by atoms with Gasteiger partial charge in [-0.2, -0.15) is 5.26 Å². The fourth-order valence-electron chi connectivity index (χ4n) is 6.88.